The molecule has 0 saturated carbocycles. The lowest BCUT2D eigenvalue weighted by Crippen LogP contribution is -2.04. The maximum absolute atomic E-state index is 5.01. The van der Waals surface area contributed by atoms with Gasteiger partial charge in [0.15, 0.2) is 0 Å². The van der Waals surface area contributed by atoms with Gasteiger partial charge in [-0.3, -0.25) is 4.98 Å². The number of hydrogen-bond donors (Lipinski definition) is 0. The molecule has 0 aliphatic rings. The van der Waals surface area contributed by atoms with E-state index in [0.29, 0.717) is 23.7 Å². The SMILES string of the molecule is Cc1cc(-c2cnc3cc(C(C)C)ccc3n2)cc(-c2c(C(C)C)cc(C(C)C)cc2C(C)C)c1. The second kappa shape index (κ2) is 9.93. The average Bonchev–Trinajstić information content (AvgIpc) is 2.81. The van der Waals surface area contributed by atoms with Crippen LogP contribution in [0.2, 0.25) is 0 Å². The van der Waals surface area contributed by atoms with Crippen LogP contribution >= 0.6 is 0 Å². The third-order valence-electron chi connectivity index (χ3n) is 7.03. The minimum atomic E-state index is 0.445. The highest BCUT2D eigenvalue weighted by Gasteiger charge is 2.19. The lowest BCUT2D eigenvalue weighted by atomic mass is 9.81. The van der Waals surface area contributed by atoms with Crippen molar-refractivity contribution in [2.75, 3.05) is 0 Å². The molecule has 0 N–H and O–H groups in total. The van der Waals surface area contributed by atoms with Crippen molar-refractivity contribution in [2.45, 2.75) is 86.0 Å². The highest BCUT2D eigenvalue weighted by atomic mass is 14.8. The Balaban J connectivity index is 1.90. The molecule has 0 bridgehead atoms. The van der Waals surface area contributed by atoms with E-state index in [1.165, 1.54) is 38.9 Å². The molecule has 3 aromatic carbocycles. The fourth-order valence-corrected chi connectivity index (χ4v) is 4.89. The van der Waals surface area contributed by atoms with Crippen LogP contribution in [0.3, 0.4) is 0 Å². The quantitative estimate of drug-likeness (QED) is 0.284. The summed E-state index contributed by atoms with van der Waals surface area (Å²) >= 11 is 0. The number of nitrogens with zero attached hydrogens (tertiary/aromatic N) is 2. The van der Waals surface area contributed by atoms with Crippen LogP contribution < -0.4 is 0 Å². The third kappa shape index (κ3) is 5.17. The zero-order valence-electron chi connectivity index (χ0n) is 22.9. The van der Waals surface area contributed by atoms with Gasteiger partial charge in [0.25, 0.3) is 0 Å². The van der Waals surface area contributed by atoms with E-state index in [9.17, 15) is 0 Å². The van der Waals surface area contributed by atoms with Crippen LogP contribution in [0, 0.1) is 6.92 Å². The van der Waals surface area contributed by atoms with Crippen molar-refractivity contribution in [3.63, 3.8) is 0 Å². The zero-order chi connectivity index (χ0) is 25.4. The van der Waals surface area contributed by atoms with Gasteiger partial charge in [0.2, 0.25) is 0 Å². The maximum atomic E-state index is 5.01. The predicted molar refractivity (Wildman–Crippen MR) is 152 cm³/mol. The smallest absolute Gasteiger partial charge is 0.0894 e. The number of aryl methyl sites for hydroxylation is 1. The van der Waals surface area contributed by atoms with Gasteiger partial charge in [-0.2, -0.15) is 0 Å². The van der Waals surface area contributed by atoms with Gasteiger partial charge in [0, 0.05) is 5.56 Å². The summed E-state index contributed by atoms with van der Waals surface area (Å²) in [6.07, 6.45) is 1.93. The Hall–Kier alpha value is -3.00. The van der Waals surface area contributed by atoms with Gasteiger partial charge >= 0.3 is 0 Å². The molecule has 0 fully saturated rings. The molecule has 0 amide bonds. The molecule has 0 spiro atoms. The number of hydrogen-bond acceptors (Lipinski definition) is 2. The summed E-state index contributed by atoms with van der Waals surface area (Å²) in [6, 6.07) is 18.2. The van der Waals surface area contributed by atoms with Crippen LogP contribution in [0.25, 0.3) is 33.4 Å². The Labute approximate surface area is 211 Å². The molecule has 2 nitrogen and oxygen atoms in total. The fraction of sp³-hybridized carbons (Fsp3) is 0.394. The zero-order valence-corrected chi connectivity index (χ0v) is 22.9. The van der Waals surface area contributed by atoms with E-state index >= 15 is 0 Å². The average molecular weight is 465 g/mol. The predicted octanol–water partition coefficient (Wildman–Crippen LogP) is 9.77. The first-order valence-corrected chi connectivity index (χ1v) is 13.1. The van der Waals surface area contributed by atoms with Crippen LogP contribution in [0.1, 0.15) is 107 Å². The van der Waals surface area contributed by atoms with Crippen LogP contribution in [0.15, 0.2) is 54.7 Å². The summed E-state index contributed by atoms with van der Waals surface area (Å²) in [5.74, 6) is 1.88. The van der Waals surface area contributed by atoms with E-state index in [-0.39, 0.29) is 0 Å². The second-order valence-corrected chi connectivity index (χ2v) is 11.3. The van der Waals surface area contributed by atoms with Crippen molar-refractivity contribution in [1.82, 2.24) is 9.97 Å². The number of benzene rings is 3. The Morgan fingerprint density at radius 1 is 0.571 bits per heavy atom. The van der Waals surface area contributed by atoms with Crippen molar-refractivity contribution < 1.29 is 0 Å². The van der Waals surface area contributed by atoms with Crippen molar-refractivity contribution in [3.05, 3.63) is 82.5 Å². The van der Waals surface area contributed by atoms with E-state index in [2.05, 4.69) is 111 Å². The topological polar surface area (TPSA) is 25.8 Å². The lowest BCUT2D eigenvalue weighted by Gasteiger charge is -2.24. The van der Waals surface area contributed by atoms with E-state index in [4.69, 9.17) is 9.97 Å². The minimum absolute atomic E-state index is 0.445. The summed E-state index contributed by atoms with van der Waals surface area (Å²) in [4.78, 5) is 9.80. The van der Waals surface area contributed by atoms with Gasteiger partial charge in [-0.05, 0) is 93.8 Å². The van der Waals surface area contributed by atoms with E-state index < -0.39 is 0 Å². The first-order valence-electron chi connectivity index (χ1n) is 13.1. The summed E-state index contributed by atoms with van der Waals surface area (Å²) in [5, 5.41) is 0. The fourth-order valence-electron chi connectivity index (χ4n) is 4.89. The van der Waals surface area contributed by atoms with Gasteiger partial charge < -0.3 is 0 Å². The highest BCUT2D eigenvalue weighted by molar-refractivity contribution is 5.81. The van der Waals surface area contributed by atoms with Crippen LogP contribution in [-0.2, 0) is 0 Å². The highest BCUT2D eigenvalue weighted by Crippen LogP contribution is 2.40. The standard InChI is InChI=1S/C33H40N2/c1-19(2)24-10-11-30-31(17-24)34-18-32(35-30)26-12-23(9)13-27(14-26)33-28(21(5)6)15-25(20(3)4)16-29(33)22(7)8/h10-22H,1-9H3. The monoisotopic (exact) mass is 464 g/mol. The van der Waals surface area contributed by atoms with Crippen molar-refractivity contribution in [3.8, 4) is 22.4 Å². The van der Waals surface area contributed by atoms with Crippen LogP contribution in [0.5, 0.6) is 0 Å². The first-order chi connectivity index (χ1) is 16.5. The number of rotatable bonds is 6. The van der Waals surface area contributed by atoms with E-state index in [1.807, 2.05) is 6.20 Å². The molecular formula is C33H40N2. The van der Waals surface area contributed by atoms with Crippen molar-refractivity contribution >= 4 is 11.0 Å². The van der Waals surface area contributed by atoms with E-state index in [0.717, 1.165) is 22.3 Å². The van der Waals surface area contributed by atoms with Crippen LogP contribution in [0.4, 0.5) is 0 Å². The molecule has 0 aliphatic heterocycles. The molecule has 1 aromatic heterocycles. The first kappa shape index (κ1) is 25.1. The molecule has 2 heteroatoms. The summed E-state index contributed by atoms with van der Waals surface area (Å²) < 4.78 is 0. The van der Waals surface area contributed by atoms with Gasteiger partial charge in [-0.25, -0.2) is 4.98 Å². The van der Waals surface area contributed by atoms with Crippen molar-refractivity contribution in [1.29, 1.82) is 0 Å². The van der Waals surface area contributed by atoms with Gasteiger partial charge in [-0.15, -0.1) is 0 Å². The summed E-state index contributed by atoms with van der Waals surface area (Å²) in [6.45, 7) is 20.4. The summed E-state index contributed by atoms with van der Waals surface area (Å²) in [7, 11) is 0. The normalized spacial score (nSPS) is 12.0. The van der Waals surface area contributed by atoms with Crippen LogP contribution in [-0.4, -0.2) is 9.97 Å². The molecular weight excluding hydrogens is 424 g/mol. The molecule has 4 aromatic rings. The van der Waals surface area contributed by atoms with Crippen molar-refractivity contribution in [2.24, 2.45) is 0 Å². The molecule has 35 heavy (non-hydrogen) atoms. The Morgan fingerprint density at radius 2 is 1.17 bits per heavy atom. The second-order valence-electron chi connectivity index (χ2n) is 11.3. The number of fused-ring (bicyclic) bond motifs is 1. The Bertz CT molecular complexity index is 1330. The molecule has 0 radical (unpaired) electrons. The Kier molecular flexibility index (Phi) is 7.12. The van der Waals surface area contributed by atoms with E-state index in [1.54, 1.807) is 0 Å². The molecule has 0 aliphatic carbocycles. The maximum Gasteiger partial charge on any atom is 0.0894 e. The molecule has 0 atom stereocenters. The van der Waals surface area contributed by atoms with Gasteiger partial charge in [-0.1, -0.05) is 79.7 Å². The molecule has 0 unspecified atom stereocenters. The lowest BCUT2D eigenvalue weighted by molar-refractivity contribution is 0.807. The Morgan fingerprint density at radius 3 is 1.74 bits per heavy atom. The molecule has 0 saturated heterocycles. The largest absolute Gasteiger partial charge is 0.252 e. The number of aromatic nitrogens is 2. The minimum Gasteiger partial charge on any atom is -0.252 e. The molecule has 4 rings (SSSR count). The molecule has 1 heterocycles. The molecule has 182 valence electrons. The summed E-state index contributed by atoms with van der Waals surface area (Å²) in [5.41, 5.74) is 13.5. The third-order valence-corrected chi connectivity index (χ3v) is 7.03. The van der Waals surface area contributed by atoms with Gasteiger partial charge in [0.1, 0.15) is 0 Å². The van der Waals surface area contributed by atoms with Gasteiger partial charge in [0.05, 0.1) is 22.9 Å².